The Morgan fingerprint density at radius 3 is 2.69 bits per heavy atom. The molecule has 1 fully saturated rings. The van der Waals surface area contributed by atoms with Gasteiger partial charge in [-0.3, -0.25) is 4.90 Å². The molecule has 0 saturated carbocycles. The predicted octanol–water partition coefficient (Wildman–Crippen LogP) is 2.93. The van der Waals surface area contributed by atoms with E-state index >= 15 is 0 Å². The Hall–Kier alpha value is -0.810. The van der Waals surface area contributed by atoms with Crippen LogP contribution in [0, 0.1) is 0 Å². The van der Waals surface area contributed by atoms with Crippen LogP contribution in [0.15, 0.2) is 30.3 Å². The Labute approximate surface area is 104 Å². The first-order chi connectivity index (χ1) is 7.72. The summed E-state index contributed by atoms with van der Waals surface area (Å²) >= 11 is 4.10. The number of hydrogen-bond acceptors (Lipinski definition) is 4. The SMILES string of the molecule is C[C@H]1[C@H](SS)OC(=O)N1Cc1ccccc1. The van der Waals surface area contributed by atoms with E-state index in [0.29, 0.717) is 6.54 Å². The van der Waals surface area contributed by atoms with Crippen molar-refractivity contribution in [2.75, 3.05) is 0 Å². The number of rotatable bonds is 3. The van der Waals surface area contributed by atoms with Crippen LogP contribution in [-0.2, 0) is 11.3 Å². The summed E-state index contributed by atoms with van der Waals surface area (Å²) in [5, 5.41) is 0. The fourth-order valence-electron chi connectivity index (χ4n) is 1.68. The topological polar surface area (TPSA) is 29.5 Å². The molecule has 16 heavy (non-hydrogen) atoms. The number of hydrogen-bond donors (Lipinski definition) is 1. The van der Waals surface area contributed by atoms with Gasteiger partial charge in [-0.15, -0.1) is 11.7 Å². The molecule has 2 rings (SSSR count). The van der Waals surface area contributed by atoms with Gasteiger partial charge in [-0.1, -0.05) is 41.1 Å². The van der Waals surface area contributed by atoms with Gasteiger partial charge in [-0.05, 0) is 12.5 Å². The number of carbonyl (C=O) groups is 1. The summed E-state index contributed by atoms with van der Waals surface area (Å²) in [6.07, 6.45) is -0.261. The highest BCUT2D eigenvalue weighted by molar-refractivity contribution is 8.68. The van der Waals surface area contributed by atoms with E-state index in [9.17, 15) is 4.79 Å². The van der Waals surface area contributed by atoms with Crippen LogP contribution in [0.2, 0.25) is 0 Å². The molecule has 1 heterocycles. The highest BCUT2D eigenvalue weighted by Gasteiger charge is 2.38. The van der Waals surface area contributed by atoms with Crippen LogP contribution in [0.3, 0.4) is 0 Å². The van der Waals surface area contributed by atoms with E-state index in [-0.39, 0.29) is 17.6 Å². The largest absolute Gasteiger partial charge is 0.432 e. The van der Waals surface area contributed by atoms with Crippen LogP contribution in [0.4, 0.5) is 4.79 Å². The van der Waals surface area contributed by atoms with Crippen LogP contribution in [0.1, 0.15) is 12.5 Å². The molecule has 1 amide bonds. The number of carbonyl (C=O) groups excluding carboxylic acids is 1. The Morgan fingerprint density at radius 2 is 2.12 bits per heavy atom. The van der Waals surface area contributed by atoms with E-state index < -0.39 is 0 Å². The van der Waals surface area contributed by atoms with Crippen molar-refractivity contribution in [3.63, 3.8) is 0 Å². The fraction of sp³-hybridized carbons (Fsp3) is 0.364. The average molecular weight is 255 g/mol. The molecule has 0 N–H and O–H groups in total. The van der Waals surface area contributed by atoms with E-state index in [1.807, 2.05) is 37.3 Å². The number of nitrogens with zero attached hydrogens (tertiary/aromatic N) is 1. The van der Waals surface area contributed by atoms with E-state index in [0.717, 1.165) is 5.56 Å². The number of ether oxygens (including phenoxy) is 1. The standard InChI is InChI=1S/C11H13NO2S2/c1-8-10(16-15)14-11(13)12(8)7-9-5-3-2-4-6-9/h2-6,8,10,15H,7H2,1H3/t8-,10-/m0/s1. The van der Waals surface area contributed by atoms with Gasteiger partial charge in [-0.2, -0.15) is 0 Å². The van der Waals surface area contributed by atoms with Crippen molar-refractivity contribution in [3.05, 3.63) is 35.9 Å². The Bertz CT molecular complexity index is 372. The molecule has 5 heteroatoms. The Kier molecular flexibility index (Phi) is 3.66. The van der Waals surface area contributed by atoms with Gasteiger partial charge < -0.3 is 4.74 Å². The normalized spacial score (nSPS) is 24.6. The minimum atomic E-state index is -0.261. The van der Waals surface area contributed by atoms with Crippen molar-refractivity contribution in [2.24, 2.45) is 0 Å². The molecule has 1 aromatic rings. The molecule has 1 aliphatic heterocycles. The molecule has 0 aromatic heterocycles. The molecule has 2 atom stereocenters. The maximum absolute atomic E-state index is 11.6. The molecular weight excluding hydrogens is 242 g/mol. The summed E-state index contributed by atoms with van der Waals surface area (Å²) < 4.78 is 5.18. The molecule has 0 bridgehead atoms. The van der Waals surface area contributed by atoms with Gasteiger partial charge >= 0.3 is 6.09 Å². The zero-order valence-corrected chi connectivity index (χ0v) is 10.6. The molecule has 0 spiro atoms. The van der Waals surface area contributed by atoms with Gasteiger partial charge in [-0.25, -0.2) is 4.79 Å². The summed E-state index contributed by atoms with van der Waals surface area (Å²) in [5.74, 6) is 0. The van der Waals surface area contributed by atoms with Crippen molar-refractivity contribution < 1.29 is 9.53 Å². The maximum atomic E-state index is 11.6. The second kappa shape index (κ2) is 5.01. The molecule has 1 saturated heterocycles. The summed E-state index contributed by atoms with van der Waals surface area (Å²) in [6.45, 7) is 2.56. The second-order valence-corrected chi connectivity index (χ2v) is 5.02. The smallest absolute Gasteiger partial charge is 0.411 e. The van der Waals surface area contributed by atoms with Gasteiger partial charge in [0.25, 0.3) is 0 Å². The maximum Gasteiger partial charge on any atom is 0.411 e. The fourth-order valence-corrected chi connectivity index (χ4v) is 2.78. The number of benzene rings is 1. The minimum absolute atomic E-state index is 0.0511. The van der Waals surface area contributed by atoms with Gasteiger partial charge in [0.2, 0.25) is 0 Å². The van der Waals surface area contributed by atoms with Crippen molar-refractivity contribution in [1.29, 1.82) is 0 Å². The van der Waals surface area contributed by atoms with E-state index in [2.05, 4.69) is 11.7 Å². The lowest BCUT2D eigenvalue weighted by molar-refractivity contribution is 0.152. The third-order valence-electron chi connectivity index (χ3n) is 2.64. The highest BCUT2D eigenvalue weighted by atomic mass is 33.1. The summed E-state index contributed by atoms with van der Waals surface area (Å²) in [4.78, 5) is 13.3. The lowest BCUT2D eigenvalue weighted by Gasteiger charge is -2.19. The van der Waals surface area contributed by atoms with Gasteiger partial charge in [0.15, 0.2) is 5.44 Å². The highest BCUT2D eigenvalue weighted by Crippen LogP contribution is 2.30. The Balaban J connectivity index is 2.08. The monoisotopic (exact) mass is 255 g/mol. The zero-order valence-electron chi connectivity index (χ0n) is 8.87. The molecule has 1 aromatic carbocycles. The van der Waals surface area contributed by atoms with Crippen LogP contribution in [0.25, 0.3) is 0 Å². The quantitative estimate of drug-likeness (QED) is 0.665. The van der Waals surface area contributed by atoms with Gasteiger partial charge in [0.1, 0.15) is 0 Å². The molecule has 86 valence electrons. The number of thiol groups is 1. The van der Waals surface area contributed by atoms with Crippen molar-refractivity contribution in [3.8, 4) is 0 Å². The van der Waals surface area contributed by atoms with Gasteiger partial charge in [0, 0.05) is 6.54 Å². The van der Waals surface area contributed by atoms with Crippen LogP contribution < -0.4 is 0 Å². The Morgan fingerprint density at radius 1 is 1.44 bits per heavy atom. The van der Waals surface area contributed by atoms with E-state index in [4.69, 9.17) is 4.74 Å². The number of cyclic esters (lactones) is 1. The van der Waals surface area contributed by atoms with Crippen LogP contribution in [0.5, 0.6) is 0 Å². The molecule has 0 aliphatic carbocycles. The summed E-state index contributed by atoms with van der Waals surface area (Å²) in [6, 6.07) is 9.94. The van der Waals surface area contributed by atoms with E-state index in [1.54, 1.807) is 4.90 Å². The first-order valence-corrected chi connectivity index (χ1v) is 6.97. The van der Waals surface area contributed by atoms with Crippen molar-refractivity contribution in [2.45, 2.75) is 24.9 Å². The van der Waals surface area contributed by atoms with Crippen molar-refractivity contribution >= 4 is 28.5 Å². The minimum Gasteiger partial charge on any atom is -0.432 e. The lowest BCUT2D eigenvalue weighted by Crippen LogP contribution is -2.32. The second-order valence-electron chi connectivity index (χ2n) is 3.71. The zero-order chi connectivity index (χ0) is 11.5. The molecular formula is C11H13NO2S2. The third-order valence-corrected chi connectivity index (χ3v) is 3.96. The summed E-state index contributed by atoms with van der Waals surface area (Å²) in [7, 11) is 1.27. The molecule has 1 aliphatic rings. The van der Waals surface area contributed by atoms with Crippen LogP contribution >= 0.6 is 22.5 Å². The first kappa shape index (κ1) is 11.7. The third kappa shape index (κ3) is 2.30. The lowest BCUT2D eigenvalue weighted by atomic mass is 10.2. The van der Waals surface area contributed by atoms with Gasteiger partial charge in [0.05, 0.1) is 6.04 Å². The predicted molar refractivity (Wildman–Crippen MR) is 68.3 cm³/mol. The number of amides is 1. The van der Waals surface area contributed by atoms with E-state index in [1.165, 1.54) is 10.8 Å². The van der Waals surface area contributed by atoms with Crippen LogP contribution in [-0.4, -0.2) is 22.5 Å². The first-order valence-electron chi connectivity index (χ1n) is 5.04. The molecule has 0 radical (unpaired) electrons. The molecule has 3 nitrogen and oxygen atoms in total. The average Bonchev–Trinajstić information content (AvgIpc) is 2.58. The molecule has 0 unspecified atom stereocenters. The summed E-state index contributed by atoms with van der Waals surface area (Å²) in [5.41, 5.74) is 0.927. The van der Waals surface area contributed by atoms with Crippen molar-refractivity contribution in [1.82, 2.24) is 4.90 Å².